The highest BCUT2D eigenvalue weighted by atomic mass is 16.2. The van der Waals surface area contributed by atoms with Crippen LogP contribution in [0.5, 0.6) is 0 Å². The van der Waals surface area contributed by atoms with Crippen molar-refractivity contribution in [3.8, 4) is 0 Å². The Morgan fingerprint density at radius 3 is 2.65 bits per heavy atom. The van der Waals surface area contributed by atoms with Crippen molar-refractivity contribution in [1.29, 1.82) is 0 Å². The van der Waals surface area contributed by atoms with Crippen LogP contribution in [0.4, 0.5) is 5.69 Å². The molecule has 1 N–H and O–H groups in total. The number of carbonyl (C=O) groups excluding carboxylic acids is 2. The molecule has 1 aromatic carbocycles. The summed E-state index contributed by atoms with van der Waals surface area (Å²) in [5.74, 6) is -0.264. The van der Waals surface area contributed by atoms with E-state index in [4.69, 9.17) is 0 Å². The second-order valence-electron chi connectivity index (χ2n) is 6.17. The van der Waals surface area contributed by atoms with E-state index in [-0.39, 0.29) is 17.7 Å². The van der Waals surface area contributed by atoms with E-state index >= 15 is 0 Å². The quantitative estimate of drug-likeness (QED) is 0.939. The minimum absolute atomic E-state index is 0.00457. The fourth-order valence-corrected chi connectivity index (χ4v) is 3.01. The molecule has 2 heterocycles. The van der Waals surface area contributed by atoms with Crippen molar-refractivity contribution in [2.45, 2.75) is 26.4 Å². The van der Waals surface area contributed by atoms with Gasteiger partial charge in [0.2, 0.25) is 5.91 Å². The van der Waals surface area contributed by atoms with E-state index in [9.17, 15) is 9.59 Å². The Hall–Kier alpha value is -2.63. The predicted octanol–water partition coefficient (Wildman–Crippen LogP) is 2.04. The lowest BCUT2D eigenvalue weighted by Crippen LogP contribution is -2.47. The Morgan fingerprint density at radius 2 is 2.04 bits per heavy atom. The molecule has 6 heteroatoms. The maximum atomic E-state index is 12.7. The molecule has 0 unspecified atom stereocenters. The summed E-state index contributed by atoms with van der Waals surface area (Å²) in [7, 11) is 1.79. The molecule has 1 aliphatic rings. The number of fused-ring (bicyclic) bond motifs is 1. The Bertz CT molecular complexity index is 751. The Labute approximate surface area is 135 Å². The van der Waals surface area contributed by atoms with Gasteiger partial charge in [0.15, 0.2) is 0 Å². The number of amides is 2. The molecule has 1 aromatic heterocycles. The molecular weight excluding hydrogens is 292 g/mol. The number of rotatable bonds is 4. The summed E-state index contributed by atoms with van der Waals surface area (Å²) < 4.78 is 1.62. The lowest BCUT2D eigenvalue weighted by atomic mass is 10.0. The molecule has 1 atom stereocenters. The maximum Gasteiger partial charge on any atom is 0.255 e. The molecule has 0 saturated heterocycles. The zero-order chi connectivity index (χ0) is 16.6. The minimum atomic E-state index is -0.518. The van der Waals surface area contributed by atoms with E-state index in [1.165, 1.54) is 0 Å². The maximum absolute atomic E-state index is 12.7. The molecule has 0 saturated carbocycles. The van der Waals surface area contributed by atoms with Crippen LogP contribution in [0.1, 0.15) is 29.8 Å². The minimum Gasteiger partial charge on any atom is -0.322 e. The van der Waals surface area contributed by atoms with Gasteiger partial charge in [-0.05, 0) is 17.5 Å². The molecule has 1 aliphatic heterocycles. The first-order valence-corrected chi connectivity index (χ1v) is 7.65. The topological polar surface area (TPSA) is 67.2 Å². The number of nitrogens with zero attached hydrogens (tertiary/aromatic N) is 3. The number of nitrogens with one attached hydrogen (secondary N) is 1. The van der Waals surface area contributed by atoms with Gasteiger partial charge in [-0.15, -0.1) is 0 Å². The molecule has 0 bridgehead atoms. The van der Waals surface area contributed by atoms with Crippen molar-refractivity contribution in [2.75, 3.05) is 5.32 Å². The Balaban J connectivity index is 1.83. The molecule has 120 valence electrons. The zero-order valence-corrected chi connectivity index (χ0v) is 13.5. The third kappa shape index (κ3) is 2.84. The number of hydrogen-bond donors (Lipinski definition) is 1. The van der Waals surface area contributed by atoms with Crippen molar-refractivity contribution in [2.24, 2.45) is 13.0 Å². The second kappa shape index (κ2) is 5.87. The highest BCUT2D eigenvalue weighted by Gasteiger charge is 2.37. The predicted molar refractivity (Wildman–Crippen MR) is 86.8 cm³/mol. The van der Waals surface area contributed by atoms with Crippen LogP contribution in [0.15, 0.2) is 36.7 Å². The number of benzene rings is 1. The number of anilines is 1. The summed E-state index contributed by atoms with van der Waals surface area (Å²) in [4.78, 5) is 27.0. The standard InChI is InChI=1S/C17H20N4O2/c1-11(2)15(16(22)19-13-8-18-20(3)10-13)21-9-12-6-4-5-7-14(12)17(21)23/h4-8,10-11,15H,9H2,1-3H3,(H,19,22)/t15-/m1/s1. The Kier molecular flexibility index (Phi) is 3.90. The lowest BCUT2D eigenvalue weighted by molar-refractivity contribution is -0.122. The van der Waals surface area contributed by atoms with Gasteiger partial charge < -0.3 is 10.2 Å². The van der Waals surface area contributed by atoms with Crippen LogP contribution in [-0.2, 0) is 18.4 Å². The first-order chi connectivity index (χ1) is 11.0. The van der Waals surface area contributed by atoms with Crippen LogP contribution >= 0.6 is 0 Å². The average molecular weight is 312 g/mol. The summed E-state index contributed by atoms with van der Waals surface area (Å²) in [6, 6.07) is 6.99. The summed E-state index contributed by atoms with van der Waals surface area (Å²) in [5, 5.41) is 6.89. The summed E-state index contributed by atoms with van der Waals surface area (Å²) in [5.41, 5.74) is 2.29. The molecule has 3 rings (SSSR count). The molecule has 2 aromatic rings. The lowest BCUT2D eigenvalue weighted by Gasteiger charge is -2.29. The van der Waals surface area contributed by atoms with Crippen molar-refractivity contribution in [3.05, 3.63) is 47.8 Å². The highest BCUT2D eigenvalue weighted by Crippen LogP contribution is 2.27. The molecule has 2 amide bonds. The zero-order valence-electron chi connectivity index (χ0n) is 13.5. The van der Waals surface area contributed by atoms with E-state index in [1.54, 1.807) is 29.0 Å². The first kappa shape index (κ1) is 15.3. The van der Waals surface area contributed by atoms with Gasteiger partial charge in [-0.2, -0.15) is 5.10 Å². The van der Waals surface area contributed by atoms with Crippen LogP contribution in [0.25, 0.3) is 0 Å². The first-order valence-electron chi connectivity index (χ1n) is 7.65. The number of hydrogen-bond acceptors (Lipinski definition) is 3. The van der Waals surface area contributed by atoms with Gasteiger partial charge in [-0.25, -0.2) is 0 Å². The monoisotopic (exact) mass is 312 g/mol. The van der Waals surface area contributed by atoms with E-state index in [0.717, 1.165) is 5.56 Å². The molecular formula is C17H20N4O2. The number of aromatic nitrogens is 2. The molecule has 23 heavy (non-hydrogen) atoms. The fourth-order valence-electron chi connectivity index (χ4n) is 3.01. The van der Waals surface area contributed by atoms with Crippen molar-refractivity contribution in [3.63, 3.8) is 0 Å². The Morgan fingerprint density at radius 1 is 1.30 bits per heavy atom. The molecule has 0 fully saturated rings. The van der Waals surface area contributed by atoms with Crippen LogP contribution in [0, 0.1) is 5.92 Å². The van der Waals surface area contributed by atoms with Crippen LogP contribution < -0.4 is 5.32 Å². The van der Waals surface area contributed by atoms with Crippen molar-refractivity contribution < 1.29 is 9.59 Å². The van der Waals surface area contributed by atoms with E-state index in [2.05, 4.69) is 10.4 Å². The van der Waals surface area contributed by atoms with Gasteiger partial charge in [0.05, 0.1) is 11.9 Å². The summed E-state index contributed by atoms with van der Waals surface area (Å²) >= 11 is 0. The van der Waals surface area contributed by atoms with Crippen molar-refractivity contribution >= 4 is 17.5 Å². The molecule has 0 spiro atoms. The van der Waals surface area contributed by atoms with Gasteiger partial charge in [0.1, 0.15) is 6.04 Å². The largest absolute Gasteiger partial charge is 0.322 e. The van der Waals surface area contributed by atoms with Crippen molar-refractivity contribution in [1.82, 2.24) is 14.7 Å². The number of aryl methyl sites for hydroxylation is 1. The van der Waals surface area contributed by atoms with Gasteiger partial charge >= 0.3 is 0 Å². The second-order valence-corrected chi connectivity index (χ2v) is 6.17. The van der Waals surface area contributed by atoms with Gasteiger partial charge in [-0.1, -0.05) is 32.0 Å². The van der Waals surface area contributed by atoms with Gasteiger partial charge in [0, 0.05) is 25.4 Å². The highest BCUT2D eigenvalue weighted by molar-refractivity contribution is 6.03. The van der Waals surface area contributed by atoms with Crippen LogP contribution in [-0.4, -0.2) is 32.5 Å². The summed E-state index contributed by atoms with van der Waals surface area (Å²) in [6.45, 7) is 4.37. The van der Waals surface area contributed by atoms with E-state index < -0.39 is 6.04 Å². The number of carbonyl (C=O) groups is 2. The SMILES string of the molecule is CC(C)[C@H](C(=O)Nc1cnn(C)c1)N1Cc2ccccc2C1=O. The van der Waals surface area contributed by atoms with Crippen LogP contribution in [0.3, 0.4) is 0 Å². The molecule has 0 radical (unpaired) electrons. The van der Waals surface area contributed by atoms with E-state index in [1.807, 2.05) is 38.1 Å². The third-order valence-electron chi connectivity index (χ3n) is 4.06. The van der Waals surface area contributed by atoms with Gasteiger partial charge in [-0.3, -0.25) is 14.3 Å². The average Bonchev–Trinajstić information content (AvgIpc) is 3.04. The van der Waals surface area contributed by atoms with E-state index in [0.29, 0.717) is 17.8 Å². The normalized spacial score (nSPS) is 15.0. The molecule has 0 aliphatic carbocycles. The summed E-state index contributed by atoms with van der Waals surface area (Å²) in [6.07, 6.45) is 3.33. The van der Waals surface area contributed by atoms with Gasteiger partial charge in [0.25, 0.3) is 5.91 Å². The third-order valence-corrected chi connectivity index (χ3v) is 4.06. The molecule has 6 nitrogen and oxygen atoms in total. The smallest absolute Gasteiger partial charge is 0.255 e. The van der Waals surface area contributed by atoms with Crippen LogP contribution in [0.2, 0.25) is 0 Å². The fraction of sp³-hybridized carbons (Fsp3) is 0.353.